The van der Waals surface area contributed by atoms with Crippen molar-refractivity contribution in [1.82, 2.24) is 4.90 Å². The van der Waals surface area contributed by atoms with Crippen molar-refractivity contribution in [3.8, 4) is 12.8 Å². The minimum atomic E-state index is -0.170. The van der Waals surface area contributed by atoms with Crippen molar-refractivity contribution >= 4 is 0 Å². The summed E-state index contributed by atoms with van der Waals surface area (Å²) in [5, 5.41) is 0. The van der Waals surface area contributed by atoms with E-state index < -0.39 is 0 Å². The molecular weight excluding hydrogens is 417 g/mol. The number of allylic oxidation sites excluding steroid dienone is 10. The summed E-state index contributed by atoms with van der Waals surface area (Å²) < 4.78 is 13.4. The first-order valence-corrected chi connectivity index (χ1v) is 12.4. The van der Waals surface area contributed by atoms with Crippen molar-refractivity contribution in [3.05, 3.63) is 107 Å². The maximum Gasteiger partial charge on any atom is 0.123 e. The average Bonchev–Trinajstić information content (AvgIpc) is 3.78. The lowest BCUT2D eigenvalue weighted by molar-refractivity contribution is 0.381. The van der Waals surface area contributed by atoms with E-state index in [4.69, 9.17) is 0 Å². The molecule has 0 radical (unpaired) electrons. The summed E-state index contributed by atoms with van der Waals surface area (Å²) in [7, 11) is 2.21. The van der Waals surface area contributed by atoms with Gasteiger partial charge in [0.25, 0.3) is 0 Å². The Bertz CT molecular complexity index is 1120. The molecule has 1 saturated carbocycles. The zero-order valence-corrected chi connectivity index (χ0v) is 20.6. The minimum Gasteiger partial charge on any atom is -0.378 e. The molecular formula is C32H36FN. The minimum absolute atomic E-state index is 0.170. The molecule has 34 heavy (non-hydrogen) atoms. The highest BCUT2D eigenvalue weighted by atomic mass is 19.1. The van der Waals surface area contributed by atoms with Gasteiger partial charge in [-0.2, -0.15) is 0 Å². The Morgan fingerprint density at radius 1 is 1.18 bits per heavy atom. The van der Waals surface area contributed by atoms with Crippen LogP contribution in [-0.4, -0.2) is 18.5 Å². The molecule has 1 unspecified atom stereocenters. The van der Waals surface area contributed by atoms with Gasteiger partial charge in [-0.1, -0.05) is 49.4 Å². The van der Waals surface area contributed by atoms with Crippen LogP contribution in [-0.2, 0) is 6.42 Å². The second-order valence-electron chi connectivity index (χ2n) is 10.1. The predicted octanol–water partition coefficient (Wildman–Crippen LogP) is 7.57. The first kappa shape index (κ1) is 24.1. The zero-order chi connectivity index (χ0) is 24.5. The molecule has 0 aromatic heterocycles. The number of likely N-dealkylation sites (tertiary alicyclic amines) is 1. The topological polar surface area (TPSA) is 3.24 Å². The Labute approximate surface area is 205 Å². The molecule has 0 amide bonds. The molecule has 5 rings (SSSR count). The Morgan fingerprint density at radius 3 is 2.53 bits per heavy atom. The first-order valence-electron chi connectivity index (χ1n) is 12.4. The zero-order valence-electron chi connectivity index (χ0n) is 20.6. The predicted molar refractivity (Wildman–Crippen MR) is 141 cm³/mol. The number of nitrogens with zero attached hydrogens (tertiary/aromatic N) is 1. The van der Waals surface area contributed by atoms with E-state index in [9.17, 15) is 4.39 Å². The molecule has 2 heteroatoms. The van der Waals surface area contributed by atoms with E-state index in [-0.39, 0.29) is 11.2 Å². The van der Waals surface area contributed by atoms with Gasteiger partial charge >= 0.3 is 0 Å². The molecule has 176 valence electrons. The third-order valence-electron chi connectivity index (χ3n) is 8.05. The summed E-state index contributed by atoms with van der Waals surface area (Å²) in [6.07, 6.45) is 24.3. The highest BCUT2D eigenvalue weighted by Gasteiger charge is 2.58. The number of rotatable bonds is 6. The monoisotopic (exact) mass is 453 g/mol. The Kier molecular flexibility index (Phi) is 6.85. The second kappa shape index (κ2) is 9.67. The van der Waals surface area contributed by atoms with Crippen LogP contribution in [0.25, 0.3) is 0 Å². The molecule has 4 aliphatic rings. The summed E-state index contributed by atoms with van der Waals surface area (Å²) in [4.78, 5) is 2.41. The van der Waals surface area contributed by atoms with Gasteiger partial charge < -0.3 is 4.90 Å². The fourth-order valence-electron chi connectivity index (χ4n) is 5.98. The second-order valence-corrected chi connectivity index (χ2v) is 10.1. The van der Waals surface area contributed by atoms with E-state index in [0.29, 0.717) is 5.92 Å². The van der Waals surface area contributed by atoms with Gasteiger partial charge in [-0.05, 0) is 97.1 Å². The summed E-state index contributed by atoms with van der Waals surface area (Å²) in [6.45, 7) is 12.0. The van der Waals surface area contributed by atoms with Crippen LogP contribution in [0.15, 0.2) is 95.3 Å². The average molecular weight is 454 g/mol. The standard InChI is InChI=1S/C30H34FN.C2H2/c1-5-23-18-28-21(3)30(28,25-11-12-25)19-27(23)20(2)16-29-24(8-6-7-15-32(29)4)17-22-9-13-26(31)14-10-22;1-2/h5,9-10,13-14,16,18-19,24-25H,1-2,6-8,11-12,15,17H2,3-4H3;1-2H/b29-16-;/t24-,30?;/m1./s1. The van der Waals surface area contributed by atoms with Gasteiger partial charge in [0.1, 0.15) is 5.82 Å². The molecule has 1 heterocycles. The fourth-order valence-corrected chi connectivity index (χ4v) is 5.98. The smallest absolute Gasteiger partial charge is 0.123 e. The summed E-state index contributed by atoms with van der Waals surface area (Å²) in [5.74, 6) is 1.03. The van der Waals surface area contributed by atoms with E-state index >= 15 is 0 Å². The molecule has 1 saturated heterocycles. The molecule has 0 bridgehead atoms. The van der Waals surface area contributed by atoms with Gasteiger partial charge in [0.05, 0.1) is 0 Å². The van der Waals surface area contributed by atoms with Gasteiger partial charge in [-0.15, -0.1) is 12.8 Å². The maximum atomic E-state index is 13.4. The largest absolute Gasteiger partial charge is 0.378 e. The maximum absolute atomic E-state index is 13.4. The normalized spacial score (nSPS) is 27.0. The van der Waals surface area contributed by atoms with Crippen LogP contribution in [0.5, 0.6) is 0 Å². The molecule has 1 aliphatic heterocycles. The summed E-state index contributed by atoms with van der Waals surface area (Å²) in [5.41, 5.74) is 9.33. The van der Waals surface area contributed by atoms with Crippen molar-refractivity contribution in [2.24, 2.45) is 17.3 Å². The molecule has 0 spiro atoms. The number of halogens is 1. The van der Waals surface area contributed by atoms with Crippen LogP contribution in [0, 0.1) is 35.9 Å². The molecule has 0 N–H and O–H groups in total. The molecule has 1 aromatic rings. The van der Waals surface area contributed by atoms with E-state index in [1.165, 1.54) is 59.2 Å². The van der Waals surface area contributed by atoms with Gasteiger partial charge in [-0.25, -0.2) is 4.39 Å². The Morgan fingerprint density at radius 2 is 1.88 bits per heavy atom. The van der Waals surface area contributed by atoms with Crippen LogP contribution < -0.4 is 0 Å². The van der Waals surface area contributed by atoms with E-state index in [1.54, 1.807) is 12.1 Å². The third kappa shape index (κ3) is 4.37. The fraction of sp³-hybridized carbons (Fsp3) is 0.375. The van der Waals surface area contributed by atoms with E-state index in [1.807, 2.05) is 18.2 Å². The van der Waals surface area contributed by atoms with Crippen LogP contribution in [0.4, 0.5) is 4.39 Å². The number of hydrogen-bond acceptors (Lipinski definition) is 1. The van der Waals surface area contributed by atoms with Crippen molar-refractivity contribution in [2.75, 3.05) is 13.6 Å². The molecule has 2 fully saturated rings. The van der Waals surface area contributed by atoms with Crippen molar-refractivity contribution in [2.45, 2.75) is 45.4 Å². The third-order valence-corrected chi connectivity index (χ3v) is 8.05. The van der Waals surface area contributed by atoms with Gasteiger partial charge in [0.15, 0.2) is 0 Å². The molecule has 2 atom stereocenters. The van der Waals surface area contributed by atoms with Gasteiger partial charge in [-0.3, -0.25) is 0 Å². The Balaban J connectivity index is 0.00000133. The lowest BCUT2D eigenvalue weighted by Crippen LogP contribution is -2.23. The van der Waals surface area contributed by atoms with Crippen LogP contribution >= 0.6 is 0 Å². The van der Waals surface area contributed by atoms with Crippen molar-refractivity contribution in [3.63, 3.8) is 0 Å². The van der Waals surface area contributed by atoms with Crippen molar-refractivity contribution in [1.29, 1.82) is 0 Å². The molecule has 1 nitrogen and oxygen atoms in total. The summed E-state index contributed by atoms with van der Waals surface area (Å²) in [6, 6.07) is 7.01. The number of benzene rings is 1. The lowest BCUT2D eigenvalue weighted by atomic mass is 9.80. The van der Waals surface area contributed by atoms with Crippen LogP contribution in [0.3, 0.4) is 0 Å². The van der Waals surface area contributed by atoms with Crippen molar-refractivity contribution < 1.29 is 4.39 Å². The highest BCUT2D eigenvalue weighted by molar-refractivity contribution is 5.72. The molecule has 1 aromatic carbocycles. The highest BCUT2D eigenvalue weighted by Crippen LogP contribution is 2.68. The van der Waals surface area contributed by atoms with E-state index in [0.717, 1.165) is 30.9 Å². The summed E-state index contributed by atoms with van der Waals surface area (Å²) >= 11 is 0. The molecule has 3 aliphatic carbocycles. The SMILES string of the molecule is C#C.C=CC1=CC2=C(C)C2(C2CC2)C=C1C(=C)/C=C1/[C@@H](Cc2ccc(F)cc2)CCCCN1C. The van der Waals surface area contributed by atoms with Crippen LogP contribution in [0.2, 0.25) is 0 Å². The first-order chi connectivity index (χ1) is 16.4. The Hall–Kier alpha value is -3.05. The van der Waals surface area contributed by atoms with Crippen LogP contribution in [0.1, 0.15) is 44.6 Å². The number of fused-ring (bicyclic) bond motifs is 1. The lowest BCUT2D eigenvalue weighted by Gasteiger charge is -2.28. The van der Waals surface area contributed by atoms with E-state index in [2.05, 4.69) is 63.1 Å². The quantitative estimate of drug-likeness (QED) is 0.402. The van der Waals surface area contributed by atoms with Gasteiger partial charge in [0.2, 0.25) is 0 Å². The van der Waals surface area contributed by atoms with Gasteiger partial charge in [0, 0.05) is 30.6 Å². The number of hydrogen-bond donors (Lipinski definition) is 0. The number of terminal acetylenes is 1.